The number of hydrogen-bond donors (Lipinski definition) is 1. The van der Waals surface area contributed by atoms with E-state index in [9.17, 15) is 0 Å². The van der Waals surface area contributed by atoms with Crippen molar-refractivity contribution >= 4 is 11.3 Å². The third kappa shape index (κ3) is 3.43. The predicted molar refractivity (Wildman–Crippen MR) is 81.1 cm³/mol. The number of thiazole rings is 1. The molecule has 0 spiro atoms. The molecular formula is C16H20N2S. The molecule has 3 heteroatoms. The van der Waals surface area contributed by atoms with Gasteiger partial charge in [0.15, 0.2) is 0 Å². The Kier molecular flexibility index (Phi) is 3.95. The highest BCUT2D eigenvalue weighted by Crippen LogP contribution is 2.36. The van der Waals surface area contributed by atoms with Crippen LogP contribution in [0.15, 0.2) is 35.7 Å². The van der Waals surface area contributed by atoms with Gasteiger partial charge in [-0.05, 0) is 31.2 Å². The molecule has 0 aliphatic heterocycles. The van der Waals surface area contributed by atoms with Crippen LogP contribution in [0.3, 0.4) is 0 Å². The Morgan fingerprint density at radius 1 is 1.32 bits per heavy atom. The smallest absolute Gasteiger partial charge is 0.107 e. The molecule has 1 aliphatic carbocycles. The number of rotatable bonds is 6. The third-order valence-corrected chi connectivity index (χ3v) is 4.64. The fourth-order valence-electron chi connectivity index (χ4n) is 2.37. The van der Waals surface area contributed by atoms with E-state index in [1.165, 1.54) is 23.4 Å². The highest BCUT2D eigenvalue weighted by Gasteiger charge is 2.27. The number of benzene rings is 1. The second kappa shape index (κ2) is 5.85. The molecular weight excluding hydrogens is 252 g/mol. The van der Waals surface area contributed by atoms with Crippen LogP contribution in [0.4, 0.5) is 0 Å². The van der Waals surface area contributed by atoms with Crippen LogP contribution < -0.4 is 5.32 Å². The maximum atomic E-state index is 4.69. The van der Waals surface area contributed by atoms with Gasteiger partial charge in [-0.25, -0.2) is 4.98 Å². The lowest BCUT2D eigenvalue weighted by molar-refractivity contribution is 0.461. The molecule has 1 unspecified atom stereocenters. The molecule has 1 atom stereocenters. The van der Waals surface area contributed by atoms with Gasteiger partial charge in [0.05, 0.1) is 5.69 Å². The third-order valence-electron chi connectivity index (χ3n) is 3.79. The summed E-state index contributed by atoms with van der Waals surface area (Å²) in [6.45, 7) is 4.36. The molecule has 2 nitrogen and oxygen atoms in total. The minimum absolute atomic E-state index is 0.813. The maximum Gasteiger partial charge on any atom is 0.107 e. The standard InChI is InChI=1S/C16H20N2S/c1-12(13-7-8-13)9-17-10-16-18-15(11-19-16)14-5-3-2-4-6-14/h2-6,11-13,17H,7-10H2,1H3. The summed E-state index contributed by atoms with van der Waals surface area (Å²) in [5, 5.41) is 6.87. The van der Waals surface area contributed by atoms with Gasteiger partial charge in [0.1, 0.15) is 5.01 Å². The average Bonchev–Trinajstić information content (AvgIpc) is 3.20. The van der Waals surface area contributed by atoms with Crippen LogP contribution in [0.1, 0.15) is 24.8 Å². The quantitative estimate of drug-likeness (QED) is 0.861. The molecule has 1 aliphatic rings. The summed E-state index contributed by atoms with van der Waals surface area (Å²) in [5.74, 6) is 1.79. The lowest BCUT2D eigenvalue weighted by Crippen LogP contribution is -2.21. The Hall–Kier alpha value is -1.19. The van der Waals surface area contributed by atoms with Gasteiger partial charge in [0.2, 0.25) is 0 Å². The second-order valence-corrected chi connectivity index (χ2v) is 6.38. The zero-order valence-corrected chi connectivity index (χ0v) is 12.1. The zero-order chi connectivity index (χ0) is 13.1. The van der Waals surface area contributed by atoms with E-state index >= 15 is 0 Å². The van der Waals surface area contributed by atoms with Gasteiger partial charge in [-0.1, -0.05) is 37.3 Å². The van der Waals surface area contributed by atoms with Gasteiger partial charge in [-0.15, -0.1) is 11.3 Å². The van der Waals surface area contributed by atoms with Crippen molar-refractivity contribution in [3.8, 4) is 11.3 Å². The highest BCUT2D eigenvalue weighted by atomic mass is 32.1. The van der Waals surface area contributed by atoms with Gasteiger partial charge < -0.3 is 5.32 Å². The van der Waals surface area contributed by atoms with E-state index < -0.39 is 0 Å². The van der Waals surface area contributed by atoms with Gasteiger partial charge in [0.25, 0.3) is 0 Å². The Morgan fingerprint density at radius 3 is 2.84 bits per heavy atom. The normalized spacial score (nSPS) is 16.5. The first-order valence-corrected chi connectivity index (χ1v) is 7.91. The van der Waals surface area contributed by atoms with E-state index in [0.29, 0.717) is 0 Å². The van der Waals surface area contributed by atoms with E-state index in [-0.39, 0.29) is 0 Å². The fourth-order valence-corrected chi connectivity index (χ4v) is 3.15. The highest BCUT2D eigenvalue weighted by molar-refractivity contribution is 7.09. The zero-order valence-electron chi connectivity index (χ0n) is 11.3. The molecule has 0 amide bonds. The van der Waals surface area contributed by atoms with Gasteiger partial charge >= 0.3 is 0 Å². The summed E-state index contributed by atoms with van der Waals surface area (Å²) < 4.78 is 0. The van der Waals surface area contributed by atoms with Crippen molar-refractivity contribution in [1.29, 1.82) is 0 Å². The first kappa shape index (κ1) is 12.8. The van der Waals surface area contributed by atoms with Crippen molar-refractivity contribution < 1.29 is 0 Å². The molecule has 3 rings (SSSR count). The first-order chi connectivity index (χ1) is 9.33. The van der Waals surface area contributed by atoms with Crippen molar-refractivity contribution in [2.75, 3.05) is 6.54 Å². The van der Waals surface area contributed by atoms with Gasteiger partial charge in [0, 0.05) is 17.5 Å². The Bertz CT molecular complexity index is 517. The molecule has 0 saturated heterocycles. The fraction of sp³-hybridized carbons (Fsp3) is 0.438. The first-order valence-electron chi connectivity index (χ1n) is 7.03. The average molecular weight is 272 g/mol. The van der Waals surface area contributed by atoms with E-state index in [1.54, 1.807) is 11.3 Å². The number of aromatic nitrogens is 1. The molecule has 1 heterocycles. The lowest BCUT2D eigenvalue weighted by atomic mass is 10.1. The largest absolute Gasteiger partial charge is 0.310 e. The van der Waals surface area contributed by atoms with Crippen LogP contribution in [-0.2, 0) is 6.54 Å². The van der Waals surface area contributed by atoms with Gasteiger partial charge in [-0.2, -0.15) is 0 Å². The second-order valence-electron chi connectivity index (χ2n) is 5.44. The summed E-state index contributed by atoms with van der Waals surface area (Å²) in [6, 6.07) is 10.4. The summed E-state index contributed by atoms with van der Waals surface area (Å²) in [5.41, 5.74) is 2.30. The van der Waals surface area contributed by atoms with Crippen molar-refractivity contribution in [2.24, 2.45) is 11.8 Å². The summed E-state index contributed by atoms with van der Waals surface area (Å²) in [4.78, 5) is 4.69. The minimum atomic E-state index is 0.813. The Balaban J connectivity index is 1.53. The molecule has 1 aromatic heterocycles. The molecule has 2 aromatic rings. The van der Waals surface area contributed by atoms with E-state index in [1.807, 2.05) is 6.07 Å². The van der Waals surface area contributed by atoms with Crippen LogP contribution in [0.2, 0.25) is 0 Å². The van der Waals surface area contributed by atoms with E-state index in [4.69, 9.17) is 4.98 Å². The Labute approximate surface area is 118 Å². The van der Waals surface area contributed by atoms with Crippen LogP contribution in [0.25, 0.3) is 11.3 Å². The molecule has 1 aromatic carbocycles. The molecule has 0 radical (unpaired) electrons. The Morgan fingerprint density at radius 2 is 2.11 bits per heavy atom. The molecule has 19 heavy (non-hydrogen) atoms. The summed E-state index contributed by atoms with van der Waals surface area (Å²) in [6.07, 6.45) is 2.86. The van der Waals surface area contributed by atoms with Gasteiger partial charge in [-0.3, -0.25) is 0 Å². The maximum absolute atomic E-state index is 4.69. The number of nitrogens with one attached hydrogen (secondary N) is 1. The van der Waals surface area contributed by atoms with E-state index in [0.717, 1.165) is 30.6 Å². The minimum Gasteiger partial charge on any atom is -0.310 e. The van der Waals surface area contributed by atoms with E-state index in [2.05, 4.69) is 41.9 Å². The topological polar surface area (TPSA) is 24.9 Å². The summed E-state index contributed by atoms with van der Waals surface area (Å²) in [7, 11) is 0. The van der Waals surface area contributed by atoms with Crippen LogP contribution >= 0.6 is 11.3 Å². The molecule has 1 saturated carbocycles. The molecule has 0 bridgehead atoms. The van der Waals surface area contributed by atoms with Crippen molar-refractivity contribution in [3.63, 3.8) is 0 Å². The van der Waals surface area contributed by atoms with Crippen LogP contribution in [0, 0.1) is 11.8 Å². The monoisotopic (exact) mass is 272 g/mol. The molecule has 1 N–H and O–H groups in total. The lowest BCUT2D eigenvalue weighted by Gasteiger charge is -2.09. The van der Waals surface area contributed by atoms with Crippen LogP contribution in [0.5, 0.6) is 0 Å². The number of hydrogen-bond acceptors (Lipinski definition) is 3. The molecule has 100 valence electrons. The van der Waals surface area contributed by atoms with Crippen molar-refractivity contribution in [1.82, 2.24) is 10.3 Å². The molecule has 1 fully saturated rings. The summed E-state index contributed by atoms with van der Waals surface area (Å²) >= 11 is 1.75. The number of nitrogens with zero attached hydrogens (tertiary/aromatic N) is 1. The van der Waals surface area contributed by atoms with Crippen molar-refractivity contribution in [3.05, 3.63) is 40.7 Å². The van der Waals surface area contributed by atoms with Crippen molar-refractivity contribution in [2.45, 2.75) is 26.3 Å². The SMILES string of the molecule is CC(CNCc1nc(-c2ccccc2)cs1)C1CC1. The predicted octanol–water partition coefficient (Wildman–Crippen LogP) is 3.95. The van der Waals surface area contributed by atoms with Crippen LogP contribution in [-0.4, -0.2) is 11.5 Å².